The summed E-state index contributed by atoms with van der Waals surface area (Å²) in [6, 6.07) is 6.10. The number of nitrogens with one attached hydrogen (secondary N) is 1. The summed E-state index contributed by atoms with van der Waals surface area (Å²) >= 11 is 0. The van der Waals surface area contributed by atoms with E-state index in [0.29, 0.717) is 24.1 Å². The van der Waals surface area contributed by atoms with Crippen LogP contribution in [0.5, 0.6) is 0 Å². The van der Waals surface area contributed by atoms with E-state index in [2.05, 4.69) is 25.3 Å². The Morgan fingerprint density at radius 2 is 2.00 bits per heavy atom. The van der Waals surface area contributed by atoms with Crippen LogP contribution in [0.3, 0.4) is 0 Å². The lowest BCUT2D eigenvalue weighted by Gasteiger charge is -2.33. The highest BCUT2D eigenvalue weighted by Crippen LogP contribution is 2.20. The van der Waals surface area contributed by atoms with E-state index in [1.807, 2.05) is 32.0 Å². The highest BCUT2D eigenvalue weighted by Gasteiger charge is 2.22. The van der Waals surface area contributed by atoms with Crippen molar-refractivity contribution in [2.45, 2.75) is 45.6 Å². The molecule has 2 amide bonds. The van der Waals surface area contributed by atoms with Crippen molar-refractivity contribution in [3.05, 3.63) is 53.1 Å². The van der Waals surface area contributed by atoms with Gasteiger partial charge in [-0.15, -0.1) is 0 Å². The molecule has 3 N–H and O–H groups in total. The fraction of sp³-hybridized carbons (Fsp3) is 0.409. The third-order valence-electron chi connectivity index (χ3n) is 5.91. The number of hydrogen-bond acceptors (Lipinski definition) is 6. The monoisotopic (exact) mass is 421 g/mol. The van der Waals surface area contributed by atoms with Crippen molar-refractivity contribution in [3.8, 4) is 0 Å². The van der Waals surface area contributed by atoms with Crippen LogP contribution in [0.1, 0.15) is 46.6 Å². The topological polar surface area (TPSA) is 119 Å². The number of nitrogens with two attached hydrogens (primary N) is 1. The molecule has 0 unspecified atom stereocenters. The largest absolute Gasteiger partial charge is 0.365 e. The van der Waals surface area contributed by atoms with Gasteiger partial charge in [0, 0.05) is 43.1 Å². The normalized spacial score (nSPS) is 14.7. The number of carbonyl (C=O) groups is 2. The first-order valence-corrected chi connectivity index (χ1v) is 10.5. The number of primary amides is 1. The highest BCUT2D eigenvalue weighted by atomic mass is 16.2. The van der Waals surface area contributed by atoms with Gasteiger partial charge in [-0.2, -0.15) is 5.10 Å². The number of hydrogen-bond donors (Lipinski definition) is 2. The van der Waals surface area contributed by atoms with Gasteiger partial charge in [0.15, 0.2) is 5.65 Å². The minimum Gasteiger partial charge on any atom is -0.365 e. The zero-order valence-corrected chi connectivity index (χ0v) is 17.8. The third-order valence-corrected chi connectivity index (χ3v) is 5.91. The van der Waals surface area contributed by atoms with Gasteiger partial charge in [-0.25, -0.2) is 14.5 Å². The lowest BCUT2D eigenvalue weighted by atomic mass is 10.0. The number of aryl methyl sites for hydroxylation is 2. The van der Waals surface area contributed by atoms with Gasteiger partial charge in [0.05, 0.1) is 6.20 Å². The first-order valence-electron chi connectivity index (χ1n) is 10.5. The van der Waals surface area contributed by atoms with Crippen LogP contribution in [-0.2, 0) is 11.2 Å². The van der Waals surface area contributed by atoms with Crippen molar-refractivity contribution in [1.82, 2.24) is 24.9 Å². The molecule has 1 aliphatic heterocycles. The predicted molar refractivity (Wildman–Crippen MR) is 117 cm³/mol. The Hall–Kier alpha value is -3.49. The van der Waals surface area contributed by atoms with Gasteiger partial charge in [0.25, 0.3) is 5.91 Å². The maximum absolute atomic E-state index is 12.6. The van der Waals surface area contributed by atoms with Crippen molar-refractivity contribution < 1.29 is 9.59 Å². The van der Waals surface area contributed by atoms with E-state index in [4.69, 9.17) is 5.73 Å². The van der Waals surface area contributed by atoms with Crippen molar-refractivity contribution in [2.75, 3.05) is 18.0 Å². The van der Waals surface area contributed by atoms with Gasteiger partial charge < -0.3 is 16.0 Å². The number of piperidine rings is 1. The maximum Gasteiger partial charge on any atom is 0.254 e. The Bertz CT molecular complexity index is 1100. The number of nitrogens with zero attached hydrogens (tertiary/aromatic N) is 5. The van der Waals surface area contributed by atoms with E-state index in [1.54, 1.807) is 10.7 Å². The lowest BCUT2D eigenvalue weighted by molar-refractivity contribution is -0.121. The molecule has 0 saturated carbocycles. The summed E-state index contributed by atoms with van der Waals surface area (Å²) in [5.41, 5.74) is 8.77. The fourth-order valence-electron chi connectivity index (χ4n) is 4.18. The van der Waals surface area contributed by atoms with Crippen LogP contribution >= 0.6 is 0 Å². The van der Waals surface area contributed by atoms with Crippen LogP contribution in [0.15, 0.2) is 30.6 Å². The van der Waals surface area contributed by atoms with Crippen LogP contribution in [0.2, 0.25) is 0 Å². The Kier molecular flexibility index (Phi) is 5.83. The number of fused-ring (bicyclic) bond motifs is 1. The Labute approximate surface area is 180 Å². The smallest absolute Gasteiger partial charge is 0.254 e. The van der Waals surface area contributed by atoms with Gasteiger partial charge >= 0.3 is 0 Å². The average Bonchev–Trinajstić information content (AvgIpc) is 3.19. The van der Waals surface area contributed by atoms with Crippen LogP contribution in [0, 0.1) is 13.8 Å². The molecule has 1 saturated heterocycles. The number of pyridine rings is 1. The summed E-state index contributed by atoms with van der Waals surface area (Å²) in [6.45, 7) is 5.55. The molecule has 0 bridgehead atoms. The first-order chi connectivity index (χ1) is 14.9. The van der Waals surface area contributed by atoms with Crippen LogP contribution < -0.4 is 16.0 Å². The van der Waals surface area contributed by atoms with E-state index in [9.17, 15) is 9.59 Å². The van der Waals surface area contributed by atoms with Gasteiger partial charge in [-0.3, -0.25) is 9.59 Å². The van der Waals surface area contributed by atoms with E-state index in [0.717, 1.165) is 48.7 Å². The Morgan fingerprint density at radius 3 is 2.68 bits per heavy atom. The van der Waals surface area contributed by atoms with Crippen molar-refractivity contribution in [3.63, 3.8) is 0 Å². The molecule has 4 rings (SSSR count). The predicted octanol–water partition coefficient (Wildman–Crippen LogP) is 1.56. The van der Waals surface area contributed by atoms with Gasteiger partial charge in [0.1, 0.15) is 11.4 Å². The lowest BCUT2D eigenvalue weighted by Crippen LogP contribution is -2.45. The third kappa shape index (κ3) is 4.35. The van der Waals surface area contributed by atoms with Gasteiger partial charge in [-0.05, 0) is 50.8 Å². The summed E-state index contributed by atoms with van der Waals surface area (Å²) < 4.78 is 1.62. The molecule has 3 aromatic rings. The molecule has 31 heavy (non-hydrogen) atoms. The SMILES string of the molecule is Cc1nc2c(C(N)=O)cnn2c(C)c1CCC(=O)NC1CCN(c2ccccn2)CC1. The van der Waals surface area contributed by atoms with Crippen LogP contribution in [0.25, 0.3) is 5.65 Å². The molecule has 1 fully saturated rings. The molecule has 0 radical (unpaired) electrons. The second-order valence-electron chi connectivity index (χ2n) is 7.94. The van der Waals surface area contributed by atoms with Crippen molar-refractivity contribution in [2.24, 2.45) is 5.73 Å². The summed E-state index contributed by atoms with van der Waals surface area (Å²) in [7, 11) is 0. The molecule has 0 aliphatic carbocycles. The Balaban J connectivity index is 1.34. The van der Waals surface area contributed by atoms with Gasteiger partial charge in [0.2, 0.25) is 5.91 Å². The summed E-state index contributed by atoms with van der Waals surface area (Å²) in [5, 5.41) is 7.40. The summed E-state index contributed by atoms with van der Waals surface area (Å²) in [4.78, 5) is 35.3. The Morgan fingerprint density at radius 1 is 1.23 bits per heavy atom. The second kappa shape index (κ2) is 8.71. The standard InChI is InChI=1S/C22H27N7O2/c1-14-17(15(2)29-22(26-14)18(13-25-29)21(23)31)6-7-20(30)27-16-8-11-28(12-9-16)19-5-3-4-10-24-19/h3-5,10,13,16H,6-9,11-12H2,1-2H3,(H2,23,31)(H,27,30). The zero-order valence-electron chi connectivity index (χ0n) is 17.8. The molecule has 162 valence electrons. The van der Waals surface area contributed by atoms with Crippen LogP contribution in [0.4, 0.5) is 5.82 Å². The van der Waals surface area contributed by atoms with Gasteiger partial charge in [-0.1, -0.05) is 6.07 Å². The quantitative estimate of drug-likeness (QED) is 0.623. The maximum atomic E-state index is 12.6. The molecule has 0 spiro atoms. The van der Waals surface area contributed by atoms with E-state index >= 15 is 0 Å². The molecule has 9 heteroatoms. The average molecular weight is 422 g/mol. The molecule has 3 aromatic heterocycles. The molecular weight excluding hydrogens is 394 g/mol. The summed E-state index contributed by atoms with van der Waals surface area (Å²) in [5.74, 6) is 0.468. The minimum atomic E-state index is -0.553. The molecule has 0 atom stereocenters. The molecule has 4 heterocycles. The number of rotatable bonds is 6. The van der Waals surface area contributed by atoms with E-state index < -0.39 is 5.91 Å². The van der Waals surface area contributed by atoms with E-state index in [1.165, 1.54) is 6.20 Å². The van der Waals surface area contributed by atoms with Crippen molar-refractivity contribution in [1.29, 1.82) is 0 Å². The number of anilines is 1. The summed E-state index contributed by atoms with van der Waals surface area (Å²) in [6.07, 6.45) is 5.97. The zero-order chi connectivity index (χ0) is 22.0. The molecular formula is C22H27N7O2. The second-order valence-corrected chi connectivity index (χ2v) is 7.94. The van der Waals surface area contributed by atoms with Crippen LogP contribution in [-0.4, -0.2) is 50.5 Å². The fourth-order valence-corrected chi connectivity index (χ4v) is 4.18. The number of aromatic nitrogens is 4. The number of amides is 2. The van der Waals surface area contributed by atoms with E-state index in [-0.39, 0.29) is 11.9 Å². The molecule has 0 aromatic carbocycles. The molecule has 1 aliphatic rings. The first kappa shape index (κ1) is 20.8. The highest BCUT2D eigenvalue weighted by molar-refractivity contribution is 5.98. The number of carbonyl (C=O) groups excluding carboxylic acids is 2. The molecule has 9 nitrogen and oxygen atoms in total. The van der Waals surface area contributed by atoms with Crippen molar-refractivity contribution >= 4 is 23.3 Å². The minimum absolute atomic E-state index is 0.0356.